The molecule has 0 radical (unpaired) electrons. The fraction of sp³-hybridized carbons (Fsp3) is 1.00. The van der Waals surface area contributed by atoms with E-state index in [1.165, 1.54) is 0 Å². The maximum atomic E-state index is 12.3. The van der Waals surface area contributed by atoms with Crippen molar-refractivity contribution in [3.63, 3.8) is 0 Å². The molecule has 5 heteroatoms. The molecule has 2 rings (SSSR count). The molecule has 0 bridgehead atoms. The van der Waals surface area contributed by atoms with E-state index in [4.69, 9.17) is 10.5 Å². The molecule has 4 atom stereocenters. The Morgan fingerprint density at radius 3 is 2.71 bits per heavy atom. The molecule has 100 valence electrons. The van der Waals surface area contributed by atoms with Gasteiger partial charge in [-0.05, 0) is 38.0 Å². The highest BCUT2D eigenvalue weighted by Gasteiger charge is 2.37. The maximum Gasteiger partial charge on any atom is 0.157 e. The predicted octanol–water partition coefficient (Wildman–Crippen LogP) is 1.10. The lowest BCUT2D eigenvalue weighted by Gasteiger charge is -2.32. The summed E-state index contributed by atoms with van der Waals surface area (Å²) in [6.07, 6.45) is 4.36. The van der Waals surface area contributed by atoms with Gasteiger partial charge >= 0.3 is 0 Å². The van der Waals surface area contributed by atoms with Crippen molar-refractivity contribution >= 4 is 9.84 Å². The van der Waals surface area contributed by atoms with Gasteiger partial charge in [0, 0.05) is 12.6 Å². The van der Waals surface area contributed by atoms with Crippen molar-refractivity contribution < 1.29 is 13.2 Å². The van der Waals surface area contributed by atoms with E-state index in [0.29, 0.717) is 12.5 Å². The van der Waals surface area contributed by atoms with E-state index in [2.05, 4.69) is 6.92 Å². The summed E-state index contributed by atoms with van der Waals surface area (Å²) >= 11 is 0. The molecule has 0 aromatic rings. The molecule has 2 N–H and O–H groups in total. The van der Waals surface area contributed by atoms with E-state index in [1.54, 1.807) is 0 Å². The highest BCUT2D eigenvalue weighted by atomic mass is 32.2. The van der Waals surface area contributed by atoms with Crippen LogP contribution in [0.3, 0.4) is 0 Å². The van der Waals surface area contributed by atoms with Gasteiger partial charge in [-0.2, -0.15) is 0 Å². The molecule has 0 aromatic heterocycles. The molecular weight excluding hydrogens is 238 g/mol. The minimum absolute atomic E-state index is 0.0931. The molecule has 1 aliphatic heterocycles. The van der Waals surface area contributed by atoms with Crippen molar-refractivity contribution in [2.24, 2.45) is 11.7 Å². The van der Waals surface area contributed by atoms with E-state index in [9.17, 15) is 8.42 Å². The first-order valence-electron chi connectivity index (χ1n) is 6.58. The molecule has 4 nitrogen and oxygen atoms in total. The summed E-state index contributed by atoms with van der Waals surface area (Å²) in [6, 6.07) is -0.183. The SMILES string of the molecule is CC1CCC(N)C(S(=O)(=O)CC2CCCO2)C1. The van der Waals surface area contributed by atoms with Gasteiger partial charge in [0.05, 0.1) is 17.1 Å². The second-order valence-corrected chi connectivity index (χ2v) is 7.85. The fourth-order valence-electron chi connectivity index (χ4n) is 2.92. The van der Waals surface area contributed by atoms with Crippen LogP contribution in [0.1, 0.15) is 39.0 Å². The number of rotatable bonds is 3. The fourth-order valence-corrected chi connectivity index (χ4v) is 5.24. The van der Waals surface area contributed by atoms with E-state index in [-0.39, 0.29) is 23.1 Å². The van der Waals surface area contributed by atoms with Gasteiger partial charge in [-0.1, -0.05) is 6.92 Å². The standard InChI is InChI=1S/C12H23NO3S/c1-9-4-5-11(13)12(7-9)17(14,15)8-10-3-2-6-16-10/h9-12H,2-8,13H2,1H3. The lowest BCUT2D eigenvalue weighted by atomic mass is 9.87. The second kappa shape index (κ2) is 5.24. The minimum atomic E-state index is -3.10. The van der Waals surface area contributed by atoms with Gasteiger partial charge in [-0.25, -0.2) is 8.42 Å². The summed E-state index contributed by atoms with van der Waals surface area (Å²) in [5, 5.41) is -0.351. The summed E-state index contributed by atoms with van der Waals surface area (Å²) in [5.74, 6) is 0.636. The third-order valence-electron chi connectivity index (χ3n) is 4.01. The summed E-state index contributed by atoms with van der Waals surface area (Å²) in [4.78, 5) is 0. The third-order valence-corrected chi connectivity index (χ3v) is 6.31. The van der Waals surface area contributed by atoms with Crippen LogP contribution in [0.15, 0.2) is 0 Å². The first-order valence-corrected chi connectivity index (χ1v) is 8.29. The zero-order valence-corrected chi connectivity index (χ0v) is 11.3. The number of sulfone groups is 1. The normalized spacial score (nSPS) is 39.4. The molecule has 0 aromatic carbocycles. The van der Waals surface area contributed by atoms with E-state index in [1.807, 2.05) is 0 Å². The minimum Gasteiger partial charge on any atom is -0.377 e. The zero-order valence-electron chi connectivity index (χ0n) is 10.5. The van der Waals surface area contributed by atoms with Crippen LogP contribution >= 0.6 is 0 Å². The predicted molar refractivity (Wildman–Crippen MR) is 67.5 cm³/mol. The van der Waals surface area contributed by atoms with Crippen LogP contribution in [-0.2, 0) is 14.6 Å². The molecule has 1 aliphatic carbocycles. The van der Waals surface area contributed by atoms with Gasteiger partial charge in [0.15, 0.2) is 9.84 Å². The maximum absolute atomic E-state index is 12.3. The summed E-state index contributed by atoms with van der Waals surface area (Å²) < 4.78 is 30.1. The van der Waals surface area contributed by atoms with Gasteiger partial charge in [-0.3, -0.25) is 0 Å². The molecular formula is C12H23NO3S. The Morgan fingerprint density at radius 1 is 1.29 bits per heavy atom. The van der Waals surface area contributed by atoms with Crippen LogP contribution in [0, 0.1) is 5.92 Å². The molecule has 17 heavy (non-hydrogen) atoms. The van der Waals surface area contributed by atoms with Gasteiger partial charge in [-0.15, -0.1) is 0 Å². The number of hydrogen-bond acceptors (Lipinski definition) is 4. The Bertz CT molecular complexity index is 349. The Balaban J connectivity index is 2.02. The number of nitrogens with two attached hydrogens (primary N) is 1. The van der Waals surface area contributed by atoms with Crippen molar-refractivity contribution in [3.05, 3.63) is 0 Å². The molecule has 0 amide bonds. The number of hydrogen-bond donors (Lipinski definition) is 1. The molecule has 2 aliphatic rings. The van der Waals surface area contributed by atoms with Crippen LogP contribution in [-0.4, -0.2) is 38.2 Å². The first-order chi connectivity index (χ1) is 7.99. The molecule has 1 saturated carbocycles. The molecule has 0 spiro atoms. The van der Waals surface area contributed by atoms with Crippen molar-refractivity contribution in [3.8, 4) is 0 Å². The smallest absolute Gasteiger partial charge is 0.157 e. The Labute approximate surface area is 104 Å². The first kappa shape index (κ1) is 13.3. The van der Waals surface area contributed by atoms with E-state index >= 15 is 0 Å². The van der Waals surface area contributed by atoms with Crippen LogP contribution in [0.25, 0.3) is 0 Å². The van der Waals surface area contributed by atoms with E-state index in [0.717, 1.165) is 32.1 Å². The summed E-state index contributed by atoms with van der Waals surface area (Å²) in [5.41, 5.74) is 5.98. The topological polar surface area (TPSA) is 69.4 Å². The zero-order chi connectivity index (χ0) is 12.5. The molecule has 1 heterocycles. The molecule has 1 saturated heterocycles. The largest absolute Gasteiger partial charge is 0.377 e. The summed E-state index contributed by atoms with van der Waals surface area (Å²) in [6.45, 7) is 2.81. The second-order valence-electron chi connectivity index (χ2n) is 5.59. The Kier molecular flexibility index (Phi) is 4.10. The summed E-state index contributed by atoms with van der Waals surface area (Å²) in [7, 11) is -3.10. The highest BCUT2D eigenvalue weighted by molar-refractivity contribution is 7.92. The van der Waals surface area contributed by atoms with Crippen LogP contribution in [0.2, 0.25) is 0 Å². The van der Waals surface area contributed by atoms with Crippen LogP contribution < -0.4 is 5.73 Å². The Morgan fingerprint density at radius 2 is 2.06 bits per heavy atom. The highest BCUT2D eigenvalue weighted by Crippen LogP contribution is 2.29. The van der Waals surface area contributed by atoms with Crippen molar-refractivity contribution in [1.82, 2.24) is 0 Å². The van der Waals surface area contributed by atoms with Crippen LogP contribution in [0.5, 0.6) is 0 Å². The van der Waals surface area contributed by atoms with Gasteiger partial charge in [0.1, 0.15) is 0 Å². The van der Waals surface area contributed by atoms with E-state index < -0.39 is 9.84 Å². The molecule has 4 unspecified atom stereocenters. The lowest BCUT2D eigenvalue weighted by molar-refractivity contribution is 0.127. The average Bonchev–Trinajstić information content (AvgIpc) is 2.73. The molecule has 2 fully saturated rings. The Hall–Kier alpha value is -0.130. The van der Waals surface area contributed by atoms with Crippen molar-refractivity contribution in [1.29, 1.82) is 0 Å². The van der Waals surface area contributed by atoms with Crippen molar-refractivity contribution in [2.75, 3.05) is 12.4 Å². The monoisotopic (exact) mass is 261 g/mol. The van der Waals surface area contributed by atoms with Gasteiger partial charge < -0.3 is 10.5 Å². The number of ether oxygens (including phenoxy) is 1. The van der Waals surface area contributed by atoms with Gasteiger partial charge in [0.2, 0.25) is 0 Å². The van der Waals surface area contributed by atoms with Crippen LogP contribution in [0.4, 0.5) is 0 Å². The lowest BCUT2D eigenvalue weighted by Crippen LogP contribution is -2.46. The average molecular weight is 261 g/mol. The quantitative estimate of drug-likeness (QED) is 0.826. The van der Waals surface area contributed by atoms with Gasteiger partial charge in [0.25, 0.3) is 0 Å². The third kappa shape index (κ3) is 3.20. The van der Waals surface area contributed by atoms with Crippen molar-refractivity contribution in [2.45, 2.75) is 56.4 Å².